The van der Waals surface area contributed by atoms with Crippen molar-refractivity contribution in [3.05, 3.63) is 10.4 Å². The van der Waals surface area contributed by atoms with E-state index in [9.17, 15) is 29.7 Å². The lowest BCUT2D eigenvalue weighted by Crippen LogP contribution is -2.76. The molecular weight excluding hydrogens is 378 g/mol. The Morgan fingerprint density at radius 2 is 1.74 bits per heavy atom. The molecular formula is C12H16BrN3O7. The molecule has 128 valence electrons. The highest BCUT2D eigenvalue weighted by molar-refractivity contribution is 9.09. The first-order valence-electron chi connectivity index (χ1n) is 6.48. The van der Waals surface area contributed by atoms with Gasteiger partial charge in [-0.1, -0.05) is 21.0 Å². The highest BCUT2D eigenvalue weighted by Gasteiger charge is 2.68. The number of hydrogen-bond acceptors (Lipinski definition) is 8. The summed E-state index contributed by atoms with van der Waals surface area (Å²) >= 11 is 2.85. The zero-order valence-electron chi connectivity index (χ0n) is 12.5. The molecule has 0 saturated carbocycles. The molecule has 1 aliphatic heterocycles. The maximum atomic E-state index is 12.1. The van der Waals surface area contributed by atoms with Crippen LogP contribution in [0, 0.1) is 0 Å². The third-order valence-electron chi connectivity index (χ3n) is 3.80. The molecule has 1 unspecified atom stereocenters. The third-order valence-corrected chi connectivity index (χ3v) is 4.71. The molecule has 0 aliphatic carbocycles. The second-order valence-electron chi connectivity index (χ2n) is 5.28. The number of hydrogen-bond donors (Lipinski definition) is 3. The molecule has 0 aromatic heterocycles. The molecule has 1 rings (SSSR count). The summed E-state index contributed by atoms with van der Waals surface area (Å²) in [4.78, 5) is 38.3. The van der Waals surface area contributed by atoms with Crippen LogP contribution in [0.3, 0.4) is 0 Å². The summed E-state index contributed by atoms with van der Waals surface area (Å²) in [5, 5.41) is 32.3. The number of halogens is 1. The van der Waals surface area contributed by atoms with Gasteiger partial charge < -0.3 is 20.1 Å². The lowest BCUT2D eigenvalue weighted by molar-refractivity contribution is -0.228. The topological polar surface area (TPSA) is 170 Å². The first-order chi connectivity index (χ1) is 10.4. The summed E-state index contributed by atoms with van der Waals surface area (Å²) in [5.41, 5.74) is 3.27. The minimum atomic E-state index is -2.83. The van der Waals surface area contributed by atoms with Gasteiger partial charge in [-0.25, -0.2) is 0 Å². The second kappa shape index (κ2) is 6.63. The zero-order chi connectivity index (χ0) is 18.2. The molecule has 6 atom stereocenters. The van der Waals surface area contributed by atoms with Crippen molar-refractivity contribution in [2.24, 2.45) is 5.11 Å². The Kier molecular flexibility index (Phi) is 5.68. The van der Waals surface area contributed by atoms with Crippen LogP contribution in [-0.4, -0.2) is 67.1 Å². The number of rotatable bonds is 5. The Bertz CT molecular complexity index is 591. The Balaban J connectivity index is 3.66. The van der Waals surface area contributed by atoms with Gasteiger partial charge >= 0.3 is 0 Å². The quantitative estimate of drug-likeness (QED) is 0.241. The molecule has 1 fully saturated rings. The highest BCUT2D eigenvalue weighted by Crippen LogP contribution is 2.42. The molecule has 1 aliphatic rings. The van der Waals surface area contributed by atoms with Crippen molar-refractivity contribution in [3.63, 3.8) is 0 Å². The van der Waals surface area contributed by atoms with Gasteiger partial charge in [0, 0.05) is 4.91 Å². The van der Waals surface area contributed by atoms with Crippen LogP contribution >= 0.6 is 15.9 Å². The van der Waals surface area contributed by atoms with E-state index in [0.717, 1.165) is 20.8 Å². The zero-order valence-corrected chi connectivity index (χ0v) is 14.1. The largest absolute Gasteiger partial charge is 0.386 e. The Hall–Kier alpha value is -1.36. The van der Waals surface area contributed by atoms with Gasteiger partial charge in [-0.05, 0) is 26.3 Å². The van der Waals surface area contributed by atoms with E-state index in [2.05, 4.69) is 26.0 Å². The number of nitrogens with zero attached hydrogens (tertiary/aromatic N) is 3. The molecule has 3 N–H and O–H groups in total. The SMILES string of the molecule is CC(=O)[C@@]1(O)[C@H](N=[N+]=[N-])[C@@](O)(C(C)=O)[C@@H](C(=O)C(C)O)O[C@@H]1Br. The smallest absolute Gasteiger partial charge is 0.193 e. The van der Waals surface area contributed by atoms with Crippen LogP contribution in [0.5, 0.6) is 0 Å². The van der Waals surface area contributed by atoms with Crippen LogP contribution in [-0.2, 0) is 19.1 Å². The van der Waals surface area contributed by atoms with Gasteiger partial charge in [0.05, 0.1) is 0 Å². The average Bonchev–Trinajstić information content (AvgIpc) is 2.46. The molecule has 0 aromatic carbocycles. The van der Waals surface area contributed by atoms with E-state index >= 15 is 0 Å². The van der Waals surface area contributed by atoms with Crippen molar-refractivity contribution >= 4 is 33.3 Å². The summed E-state index contributed by atoms with van der Waals surface area (Å²) < 4.78 is 5.12. The van der Waals surface area contributed by atoms with Crippen LogP contribution in [0.25, 0.3) is 10.4 Å². The summed E-state index contributed by atoms with van der Waals surface area (Å²) in [6.45, 7) is 2.90. The standard InChI is InChI=1S/C12H16BrN3O7/c1-4(17)7(20)8-11(21,5(2)18)9(15-16-14)12(22,6(3)19)10(13)23-8/h4,8-10,17,21-22H,1-3H3/t4?,8-,9-,10+,11-,12-/m1/s1. The van der Waals surface area contributed by atoms with Gasteiger partial charge in [0.25, 0.3) is 0 Å². The summed E-state index contributed by atoms with van der Waals surface area (Å²) in [6.07, 6.45) is -3.56. The first kappa shape index (κ1) is 19.7. The van der Waals surface area contributed by atoms with Gasteiger partial charge in [-0.2, -0.15) is 0 Å². The van der Waals surface area contributed by atoms with E-state index in [0.29, 0.717) is 0 Å². The van der Waals surface area contributed by atoms with E-state index in [4.69, 9.17) is 10.3 Å². The molecule has 23 heavy (non-hydrogen) atoms. The maximum absolute atomic E-state index is 12.1. The molecule has 0 bridgehead atoms. The predicted octanol–water partition coefficient (Wildman–Crippen LogP) is -0.625. The highest BCUT2D eigenvalue weighted by atomic mass is 79.9. The van der Waals surface area contributed by atoms with Crippen molar-refractivity contribution < 1.29 is 34.4 Å². The van der Waals surface area contributed by atoms with E-state index in [1.165, 1.54) is 0 Å². The van der Waals surface area contributed by atoms with Gasteiger partial charge in [-0.3, -0.25) is 14.4 Å². The molecule has 11 heteroatoms. The van der Waals surface area contributed by atoms with Crippen molar-refractivity contribution in [1.29, 1.82) is 0 Å². The van der Waals surface area contributed by atoms with Crippen molar-refractivity contribution in [2.45, 2.75) is 55.2 Å². The number of alkyl halides is 1. The van der Waals surface area contributed by atoms with E-state index in [-0.39, 0.29) is 0 Å². The van der Waals surface area contributed by atoms with Crippen LogP contribution < -0.4 is 0 Å². The minimum Gasteiger partial charge on any atom is -0.386 e. The van der Waals surface area contributed by atoms with Gasteiger partial charge in [0.1, 0.15) is 17.2 Å². The maximum Gasteiger partial charge on any atom is 0.193 e. The number of aliphatic hydroxyl groups excluding tert-OH is 1. The van der Waals surface area contributed by atoms with E-state index < -0.39 is 51.8 Å². The Morgan fingerprint density at radius 3 is 2.09 bits per heavy atom. The average molecular weight is 394 g/mol. The minimum absolute atomic E-state index is 0.876. The molecule has 0 radical (unpaired) electrons. The number of azide groups is 1. The number of ketones is 3. The molecule has 0 spiro atoms. The lowest BCUT2D eigenvalue weighted by atomic mass is 9.71. The lowest BCUT2D eigenvalue weighted by Gasteiger charge is -2.50. The molecule has 10 nitrogen and oxygen atoms in total. The van der Waals surface area contributed by atoms with Crippen LogP contribution in [0.4, 0.5) is 0 Å². The van der Waals surface area contributed by atoms with Gasteiger partial charge in [-0.15, -0.1) is 0 Å². The number of Topliss-reactive ketones (excluding diaryl/α,β-unsaturated/α-hetero) is 3. The first-order valence-corrected chi connectivity index (χ1v) is 7.39. The fourth-order valence-electron chi connectivity index (χ4n) is 2.39. The predicted molar refractivity (Wildman–Crippen MR) is 78.5 cm³/mol. The fraction of sp³-hybridized carbons (Fsp3) is 0.750. The number of carbonyl (C=O) groups is 3. The van der Waals surface area contributed by atoms with E-state index in [1.807, 2.05) is 0 Å². The van der Waals surface area contributed by atoms with Crippen molar-refractivity contribution in [1.82, 2.24) is 0 Å². The van der Waals surface area contributed by atoms with Crippen molar-refractivity contribution in [3.8, 4) is 0 Å². The number of aliphatic hydroxyl groups is 3. The molecule has 1 saturated heterocycles. The number of carbonyl (C=O) groups excluding carboxylic acids is 3. The van der Waals surface area contributed by atoms with Crippen molar-refractivity contribution in [2.75, 3.05) is 0 Å². The normalized spacial score (nSPS) is 38.3. The third kappa shape index (κ3) is 2.91. The summed E-state index contributed by atoms with van der Waals surface area (Å²) in [6, 6.07) is -2.04. The monoisotopic (exact) mass is 393 g/mol. The Morgan fingerprint density at radius 1 is 1.26 bits per heavy atom. The molecule has 0 aromatic rings. The van der Waals surface area contributed by atoms with Crippen LogP contribution in [0.1, 0.15) is 20.8 Å². The fourth-order valence-corrected chi connectivity index (χ4v) is 3.18. The summed E-state index contributed by atoms with van der Waals surface area (Å²) in [7, 11) is 0. The molecule has 0 amide bonds. The van der Waals surface area contributed by atoms with Crippen LogP contribution in [0.15, 0.2) is 5.11 Å². The number of ether oxygens (including phenoxy) is 1. The Labute approximate surface area is 139 Å². The molecule has 1 heterocycles. The van der Waals surface area contributed by atoms with Gasteiger partial charge in [0.2, 0.25) is 0 Å². The second-order valence-corrected chi connectivity index (χ2v) is 6.11. The van der Waals surface area contributed by atoms with E-state index in [1.54, 1.807) is 0 Å². The summed E-state index contributed by atoms with van der Waals surface area (Å²) in [5.74, 6) is -3.11. The van der Waals surface area contributed by atoms with Gasteiger partial charge in [0.15, 0.2) is 34.7 Å². The van der Waals surface area contributed by atoms with Crippen LogP contribution in [0.2, 0.25) is 0 Å².